The fourth-order valence-corrected chi connectivity index (χ4v) is 1.44. The molecule has 16 heavy (non-hydrogen) atoms. The van der Waals surface area contributed by atoms with Crippen LogP contribution in [0.1, 0.15) is 31.1 Å². The molecule has 0 unspecified atom stereocenters. The van der Waals surface area contributed by atoms with Gasteiger partial charge in [0, 0.05) is 11.8 Å². The molecule has 0 saturated carbocycles. The van der Waals surface area contributed by atoms with Gasteiger partial charge in [-0.2, -0.15) is 5.10 Å². The number of carbonyl (C=O) groups excluding carboxylic acids is 1. The zero-order valence-corrected chi connectivity index (χ0v) is 9.60. The molecule has 2 aromatic heterocycles. The van der Waals surface area contributed by atoms with Gasteiger partial charge in [-0.05, 0) is 26.8 Å². The van der Waals surface area contributed by atoms with Crippen molar-refractivity contribution in [1.29, 1.82) is 0 Å². The second-order valence-corrected chi connectivity index (χ2v) is 4.68. The van der Waals surface area contributed by atoms with Gasteiger partial charge in [0.1, 0.15) is 5.69 Å². The molecule has 0 spiro atoms. The monoisotopic (exact) mass is 218 g/mol. The number of furan rings is 1. The molecule has 0 aliphatic rings. The van der Waals surface area contributed by atoms with Crippen LogP contribution in [0, 0.1) is 0 Å². The Bertz CT molecular complexity index is 490. The third-order valence-electron chi connectivity index (χ3n) is 2.35. The number of hydrogen-bond acceptors (Lipinski definition) is 3. The quantitative estimate of drug-likeness (QED) is 0.728. The van der Waals surface area contributed by atoms with E-state index in [-0.39, 0.29) is 5.54 Å². The van der Waals surface area contributed by atoms with Gasteiger partial charge in [0.2, 0.25) is 0 Å². The molecule has 2 aromatic rings. The largest absolute Gasteiger partial charge is 0.472 e. The fourth-order valence-electron chi connectivity index (χ4n) is 1.44. The van der Waals surface area contributed by atoms with Crippen LogP contribution in [0.5, 0.6) is 0 Å². The average Bonchev–Trinajstić information content (AvgIpc) is 2.85. The average molecular weight is 218 g/mol. The number of carbonyl (C=O) groups is 1. The molecule has 0 bridgehead atoms. The summed E-state index contributed by atoms with van der Waals surface area (Å²) in [6, 6.07) is 1.79. The van der Waals surface area contributed by atoms with Gasteiger partial charge >= 0.3 is 0 Å². The minimum Gasteiger partial charge on any atom is -0.472 e. The van der Waals surface area contributed by atoms with E-state index in [1.54, 1.807) is 29.5 Å². The Morgan fingerprint density at radius 1 is 1.44 bits per heavy atom. The Morgan fingerprint density at radius 2 is 2.19 bits per heavy atom. The molecule has 0 amide bonds. The predicted molar refractivity (Wildman–Crippen MR) is 60.3 cm³/mol. The van der Waals surface area contributed by atoms with Crippen molar-refractivity contribution in [2.24, 2.45) is 0 Å². The maximum atomic E-state index is 11.0. The lowest BCUT2D eigenvalue weighted by atomic mass is 10.1. The number of rotatable bonds is 2. The van der Waals surface area contributed by atoms with Gasteiger partial charge in [0.05, 0.1) is 23.6 Å². The van der Waals surface area contributed by atoms with Crippen LogP contribution in [0.15, 0.2) is 29.2 Å². The van der Waals surface area contributed by atoms with E-state index in [1.807, 2.05) is 20.8 Å². The first kappa shape index (κ1) is 10.7. The van der Waals surface area contributed by atoms with Crippen molar-refractivity contribution in [3.05, 3.63) is 30.4 Å². The molecule has 0 aromatic carbocycles. The number of aldehydes is 1. The van der Waals surface area contributed by atoms with Crippen LogP contribution in [0.25, 0.3) is 11.3 Å². The smallest absolute Gasteiger partial charge is 0.153 e. The highest BCUT2D eigenvalue weighted by atomic mass is 16.3. The van der Waals surface area contributed by atoms with Crippen LogP contribution in [-0.4, -0.2) is 16.1 Å². The van der Waals surface area contributed by atoms with Crippen molar-refractivity contribution in [3.63, 3.8) is 0 Å². The molecule has 0 radical (unpaired) electrons. The Hall–Kier alpha value is -1.84. The molecule has 4 heteroatoms. The van der Waals surface area contributed by atoms with Crippen LogP contribution in [-0.2, 0) is 5.54 Å². The molecule has 0 aliphatic heterocycles. The summed E-state index contributed by atoms with van der Waals surface area (Å²) in [5.74, 6) is 0. The Morgan fingerprint density at radius 3 is 2.69 bits per heavy atom. The first-order valence-corrected chi connectivity index (χ1v) is 5.10. The van der Waals surface area contributed by atoms with E-state index in [1.165, 1.54) is 0 Å². The summed E-state index contributed by atoms with van der Waals surface area (Å²) in [5.41, 5.74) is 1.93. The predicted octanol–water partition coefficient (Wildman–Crippen LogP) is 2.71. The van der Waals surface area contributed by atoms with Crippen LogP contribution in [0.4, 0.5) is 0 Å². The summed E-state index contributed by atoms with van der Waals surface area (Å²) in [7, 11) is 0. The minimum absolute atomic E-state index is 0.139. The summed E-state index contributed by atoms with van der Waals surface area (Å²) in [4.78, 5) is 11.0. The second kappa shape index (κ2) is 3.63. The van der Waals surface area contributed by atoms with Gasteiger partial charge in [-0.3, -0.25) is 9.48 Å². The Labute approximate surface area is 93.9 Å². The van der Waals surface area contributed by atoms with Crippen LogP contribution >= 0.6 is 0 Å². The number of hydrogen-bond donors (Lipinski definition) is 0. The minimum atomic E-state index is -0.139. The number of aromatic nitrogens is 2. The first-order valence-electron chi connectivity index (χ1n) is 5.10. The van der Waals surface area contributed by atoms with E-state index < -0.39 is 0 Å². The molecule has 0 N–H and O–H groups in total. The fraction of sp³-hybridized carbons (Fsp3) is 0.333. The van der Waals surface area contributed by atoms with Crippen LogP contribution < -0.4 is 0 Å². The SMILES string of the molecule is CC(C)(C)n1cc(C=O)c(-c2ccoc2)n1. The van der Waals surface area contributed by atoms with Gasteiger partial charge in [-0.1, -0.05) is 0 Å². The van der Waals surface area contributed by atoms with E-state index in [9.17, 15) is 4.79 Å². The molecule has 0 aliphatic carbocycles. The summed E-state index contributed by atoms with van der Waals surface area (Å²) in [5, 5.41) is 4.42. The van der Waals surface area contributed by atoms with Crippen LogP contribution in [0.2, 0.25) is 0 Å². The highest BCUT2D eigenvalue weighted by Crippen LogP contribution is 2.24. The van der Waals surface area contributed by atoms with Gasteiger partial charge in [-0.15, -0.1) is 0 Å². The van der Waals surface area contributed by atoms with Gasteiger partial charge in [0.25, 0.3) is 0 Å². The first-order chi connectivity index (χ1) is 7.52. The maximum absolute atomic E-state index is 11.0. The van der Waals surface area contributed by atoms with E-state index >= 15 is 0 Å². The Kier molecular flexibility index (Phi) is 2.42. The van der Waals surface area contributed by atoms with Crippen molar-refractivity contribution in [2.45, 2.75) is 26.3 Å². The summed E-state index contributed by atoms with van der Waals surface area (Å²) in [6.45, 7) is 6.11. The molecule has 0 atom stereocenters. The van der Waals surface area contributed by atoms with Gasteiger partial charge in [0.15, 0.2) is 6.29 Å². The molecule has 0 fully saturated rings. The normalized spacial score (nSPS) is 11.7. The topological polar surface area (TPSA) is 48.0 Å². The summed E-state index contributed by atoms with van der Waals surface area (Å²) >= 11 is 0. The van der Waals surface area contributed by atoms with Gasteiger partial charge in [-0.25, -0.2) is 0 Å². The zero-order valence-electron chi connectivity index (χ0n) is 9.60. The van der Waals surface area contributed by atoms with E-state index in [0.29, 0.717) is 11.3 Å². The Balaban J connectivity index is 2.54. The maximum Gasteiger partial charge on any atom is 0.153 e. The molecule has 2 heterocycles. The highest BCUT2D eigenvalue weighted by Gasteiger charge is 2.18. The van der Waals surface area contributed by atoms with E-state index in [2.05, 4.69) is 5.10 Å². The third-order valence-corrected chi connectivity index (χ3v) is 2.35. The van der Waals surface area contributed by atoms with Gasteiger partial charge < -0.3 is 4.42 Å². The van der Waals surface area contributed by atoms with Crippen molar-refractivity contribution < 1.29 is 9.21 Å². The lowest BCUT2D eigenvalue weighted by Crippen LogP contribution is -2.22. The van der Waals surface area contributed by atoms with Crippen molar-refractivity contribution >= 4 is 6.29 Å². The van der Waals surface area contributed by atoms with Crippen molar-refractivity contribution in [1.82, 2.24) is 9.78 Å². The van der Waals surface area contributed by atoms with Crippen molar-refractivity contribution in [2.75, 3.05) is 0 Å². The summed E-state index contributed by atoms with van der Waals surface area (Å²) < 4.78 is 6.79. The highest BCUT2D eigenvalue weighted by molar-refractivity contribution is 5.85. The number of nitrogens with zero attached hydrogens (tertiary/aromatic N) is 2. The lowest BCUT2D eigenvalue weighted by Gasteiger charge is -2.18. The molecular formula is C12H14N2O2. The van der Waals surface area contributed by atoms with E-state index in [4.69, 9.17) is 4.42 Å². The van der Waals surface area contributed by atoms with Crippen LogP contribution in [0.3, 0.4) is 0 Å². The molecule has 0 saturated heterocycles. The lowest BCUT2D eigenvalue weighted by molar-refractivity contribution is 0.112. The molecule has 2 rings (SSSR count). The van der Waals surface area contributed by atoms with E-state index in [0.717, 1.165) is 11.8 Å². The van der Waals surface area contributed by atoms with Crippen molar-refractivity contribution in [3.8, 4) is 11.3 Å². The molecule has 84 valence electrons. The third kappa shape index (κ3) is 1.78. The molecule has 4 nitrogen and oxygen atoms in total. The second-order valence-electron chi connectivity index (χ2n) is 4.68. The zero-order chi connectivity index (χ0) is 11.8. The standard InChI is InChI=1S/C12H14N2O2/c1-12(2,3)14-6-10(7-15)11(13-14)9-4-5-16-8-9/h4-8H,1-3H3. The molecular weight excluding hydrogens is 204 g/mol. The summed E-state index contributed by atoms with van der Waals surface area (Å²) in [6.07, 6.45) is 5.73.